The number of hydrogen-bond donors (Lipinski definition) is 0. The van der Waals surface area contributed by atoms with Gasteiger partial charge in [-0.2, -0.15) is 8.42 Å². The molecule has 0 bridgehead atoms. The zero-order chi connectivity index (χ0) is 16.6. The fourth-order valence-electron chi connectivity index (χ4n) is 2.22. The second-order valence-electron chi connectivity index (χ2n) is 5.23. The minimum atomic E-state index is -3.96. The summed E-state index contributed by atoms with van der Waals surface area (Å²) in [6, 6.07) is 13.4. The SMILES string of the molecule is Cc1ccc2cccc(OS(=O)(=O)c3ccc(Cl)c(C)c3)c2n1. The lowest BCUT2D eigenvalue weighted by molar-refractivity contribution is 0.488. The first-order valence-corrected chi connectivity index (χ1v) is 8.72. The summed E-state index contributed by atoms with van der Waals surface area (Å²) in [5.41, 5.74) is 1.97. The van der Waals surface area contributed by atoms with Gasteiger partial charge in [-0.1, -0.05) is 29.8 Å². The molecule has 0 saturated heterocycles. The Kier molecular flexibility index (Phi) is 4.00. The number of pyridine rings is 1. The number of halogens is 1. The van der Waals surface area contributed by atoms with Gasteiger partial charge in [0.25, 0.3) is 0 Å². The highest BCUT2D eigenvalue weighted by molar-refractivity contribution is 7.87. The number of fused-ring (bicyclic) bond motifs is 1. The van der Waals surface area contributed by atoms with E-state index in [1.165, 1.54) is 12.1 Å². The van der Waals surface area contributed by atoms with Gasteiger partial charge in [-0.15, -0.1) is 0 Å². The smallest absolute Gasteiger partial charge is 0.339 e. The van der Waals surface area contributed by atoms with Gasteiger partial charge in [-0.05, 0) is 49.7 Å². The van der Waals surface area contributed by atoms with Crippen molar-refractivity contribution in [3.8, 4) is 5.75 Å². The van der Waals surface area contributed by atoms with Crippen LogP contribution in [0.15, 0.2) is 53.4 Å². The summed E-state index contributed by atoms with van der Waals surface area (Å²) in [6.45, 7) is 3.58. The Balaban J connectivity index is 2.07. The van der Waals surface area contributed by atoms with Crippen LogP contribution < -0.4 is 4.18 Å². The fourth-order valence-corrected chi connectivity index (χ4v) is 3.36. The van der Waals surface area contributed by atoms with E-state index in [0.29, 0.717) is 16.1 Å². The first-order valence-electron chi connectivity index (χ1n) is 6.94. The lowest BCUT2D eigenvalue weighted by atomic mass is 10.2. The first kappa shape index (κ1) is 15.8. The van der Waals surface area contributed by atoms with Crippen molar-refractivity contribution >= 4 is 32.6 Å². The van der Waals surface area contributed by atoms with E-state index in [9.17, 15) is 8.42 Å². The Bertz CT molecular complexity index is 1000. The first-order chi connectivity index (χ1) is 10.9. The van der Waals surface area contributed by atoms with Gasteiger partial charge < -0.3 is 4.18 Å². The number of aryl methyl sites for hydroxylation is 2. The number of rotatable bonds is 3. The van der Waals surface area contributed by atoms with E-state index < -0.39 is 10.1 Å². The molecular weight excluding hydrogens is 334 g/mol. The number of aromatic nitrogens is 1. The van der Waals surface area contributed by atoms with Gasteiger partial charge in [0.1, 0.15) is 10.4 Å². The monoisotopic (exact) mass is 347 g/mol. The van der Waals surface area contributed by atoms with Crippen molar-refractivity contribution in [2.45, 2.75) is 18.7 Å². The van der Waals surface area contributed by atoms with Crippen molar-refractivity contribution in [3.05, 3.63) is 64.8 Å². The second kappa shape index (κ2) is 5.83. The van der Waals surface area contributed by atoms with E-state index in [-0.39, 0.29) is 10.6 Å². The summed E-state index contributed by atoms with van der Waals surface area (Å²) in [5.74, 6) is 0.207. The minimum Gasteiger partial charge on any atom is -0.377 e. The van der Waals surface area contributed by atoms with E-state index in [1.807, 2.05) is 25.1 Å². The third-order valence-electron chi connectivity index (χ3n) is 3.44. The molecule has 0 aliphatic heterocycles. The van der Waals surface area contributed by atoms with Crippen LogP contribution in [0.1, 0.15) is 11.3 Å². The molecule has 0 aliphatic rings. The zero-order valence-corrected chi connectivity index (χ0v) is 14.1. The predicted molar refractivity (Wildman–Crippen MR) is 90.5 cm³/mol. The molecule has 0 spiro atoms. The van der Waals surface area contributed by atoms with Gasteiger partial charge in [-0.25, -0.2) is 4.98 Å². The van der Waals surface area contributed by atoms with Crippen LogP contribution in [0.25, 0.3) is 10.9 Å². The molecule has 0 unspecified atom stereocenters. The van der Waals surface area contributed by atoms with Gasteiger partial charge in [0.2, 0.25) is 0 Å². The molecule has 0 N–H and O–H groups in total. The molecule has 0 radical (unpaired) electrons. The quantitative estimate of drug-likeness (QED) is 0.664. The van der Waals surface area contributed by atoms with E-state index in [4.69, 9.17) is 15.8 Å². The van der Waals surface area contributed by atoms with E-state index in [1.54, 1.807) is 25.1 Å². The zero-order valence-electron chi connectivity index (χ0n) is 12.6. The molecule has 0 aliphatic carbocycles. The van der Waals surface area contributed by atoms with E-state index in [0.717, 1.165) is 11.1 Å². The lowest BCUT2D eigenvalue weighted by Gasteiger charge is -2.10. The largest absolute Gasteiger partial charge is 0.377 e. The molecular formula is C17H14ClNO3S. The molecule has 1 heterocycles. The highest BCUT2D eigenvalue weighted by Gasteiger charge is 2.19. The van der Waals surface area contributed by atoms with Crippen LogP contribution >= 0.6 is 11.6 Å². The number of benzene rings is 2. The van der Waals surface area contributed by atoms with Crippen molar-refractivity contribution < 1.29 is 12.6 Å². The Morgan fingerprint density at radius 2 is 1.83 bits per heavy atom. The van der Waals surface area contributed by atoms with Crippen molar-refractivity contribution in [2.24, 2.45) is 0 Å². The van der Waals surface area contributed by atoms with Gasteiger partial charge in [-0.3, -0.25) is 0 Å². The predicted octanol–water partition coefficient (Wildman–Crippen LogP) is 4.27. The van der Waals surface area contributed by atoms with Crippen LogP contribution in [0.5, 0.6) is 5.75 Å². The molecule has 2 aromatic carbocycles. The molecule has 0 atom stereocenters. The Hall–Kier alpha value is -2.11. The van der Waals surface area contributed by atoms with Gasteiger partial charge in [0, 0.05) is 16.1 Å². The normalized spacial score (nSPS) is 11.6. The molecule has 4 nitrogen and oxygen atoms in total. The molecule has 0 saturated carbocycles. The van der Waals surface area contributed by atoms with Crippen molar-refractivity contribution in [1.82, 2.24) is 4.98 Å². The summed E-state index contributed by atoms with van der Waals surface area (Å²) in [4.78, 5) is 4.43. The van der Waals surface area contributed by atoms with E-state index >= 15 is 0 Å². The Morgan fingerprint density at radius 1 is 1.04 bits per heavy atom. The number of para-hydroxylation sites is 1. The van der Waals surface area contributed by atoms with Crippen LogP contribution in [0.2, 0.25) is 5.02 Å². The fraction of sp³-hybridized carbons (Fsp3) is 0.118. The third-order valence-corrected chi connectivity index (χ3v) is 5.09. The summed E-state index contributed by atoms with van der Waals surface area (Å²) < 4.78 is 30.3. The topological polar surface area (TPSA) is 56.3 Å². The Morgan fingerprint density at radius 3 is 2.57 bits per heavy atom. The van der Waals surface area contributed by atoms with Crippen LogP contribution in [-0.4, -0.2) is 13.4 Å². The van der Waals surface area contributed by atoms with Crippen LogP contribution in [0, 0.1) is 13.8 Å². The summed E-state index contributed by atoms with van der Waals surface area (Å²) >= 11 is 5.94. The average Bonchev–Trinajstić information content (AvgIpc) is 2.50. The van der Waals surface area contributed by atoms with Crippen molar-refractivity contribution in [1.29, 1.82) is 0 Å². The molecule has 3 rings (SSSR count). The molecule has 0 amide bonds. The highest BCUT2D eigenvalue weighted by Crippen LogP contribution is 2.28. The van der Waals surface area contributed by atoms with Gasteiger partial charge in [0.15, 0.2) is 5.75 Å². The van der Waals surface area contributed by atoms with Crippen LogP contribution in [-0.2, 0) is 10.1 Å². The standard InChI is InChI=1S/C17H14ClNO3S/c1-11-10-14(8-9-15(11)18)23(20,21)22-16-5-3-4-13-7-6-12(2)19-17(13)16/h3-10H,1-2H3. The maximum absolute atomic E-state index is 12.5. The van der Waals surface area contributed by atoms with Crippen molar-refractivity contribution in [2.75, 3.05) is 0 Å². The van der Waals surface area contributed by atoms with Gasteiger partial charge in [0.05, 0.1) is 0 Å². The third kappa shape index (κ3) is 3.16. The molecule has 3 aromatic rings. The maximum Gasteiger partial charge on any atom is 0.339 e. The second-order valence-corrected chi connectivity index (χ2v) is 7.18. The van der Waals surface area contributed by atoms with E-state index in [2.05, 4.69) is 4.98 Å². The number of hydrogen-bond acceptors (Lipinski definition) is 4. The molecule has 0 fully saturated rings. The molecule has 118 valence electrons. The average molecular weight is 348 g/mol. The van der Waals surface area contributed by atoms with Crippen molar-refractivity contribution in [3.63, 3.8) is 0 Å². The highest BCUT2D eigenvalue weighted by atomic mass is 35.5. The lowest BCUT2D eigenvalue weighted by Crippen LogP contribution is -2.10. The molecule has 1 aromatic heterocycles. The number of nitrogens with zero attached hydrogens (tertiary/aromatic N) is 1. The van der Waals surface area contributed by atoms with Gasteiger partial charge >= 0.3 is 10.1 Å². The molecule has 23 heavy (non-hydrogen) atoms. The maximum atomic E-state index is 12.5. The Labute approximate surface area is 139 Å². The van der Waals surface area contributed by atoms with Crippen LogP contribution in [0.3, 0.4) is 0 Å². The summed E-state index contributed by atoms with van der Waals surface area (Å²) in [5, 5.41) is 1.32. The minimum absolute atomic E-state index is 0.0593. The summed E-state index contributed by atoms with van der Waals surface area (Å²) in [7, 11) is -3.96. The summed E-state index contributed by atoms with van der Waals surface area (Å²) in [6.07, 6.45) is 0. The molecule has 6 heteroatoms. The van der Waals surface area contributed by atoms with Crippen LogP contribution in [0.4, 0.5) is 0 Å².